The minimum absolute atomic E-state index is 0.235. The molecule has 0 aliphatic heterocycles. The minimum atomic E-state index is -0.577. The van der Waals surface area contributed by atoms with Crippen molar-refractivity contribution in [2.75, 3.05) is 33.8 Å². The van der Waals surface area contributed by atoms with Gasteiger partial charge in [0.25, 0.3) is 0 Å². The zero-order chi connectivity index (χ0) is 22.4. The van der Waals surface area contributed by atoms with E-state index >= 15 is 0 Å². The molecule has 1 unspecified atom stereocenters. The first-order valence-corrected chi connectivity index (χ1v) is 10.1. The highest BCUT2D eigenvalue weighted by atomic mass is 32.1. The standard InChI is InChI=1S/C20H24N2O6S2/c1-10-15(18(23)27-5)17(30-16(10)19(24)28-6)22-20(29)21-11(2)13-9-12(25-3)7-8-14(13)26-4/h7-9,11H,1-6H3,(H2,21,22,29). The van der Waals surface area contributed by atoms with Crippen molar-refractivity contribution in [3.8, 4) is 11.5 Å². The van der Waals surface area contributed by atoms with Gasteiger partial charge in [-0.2, -0.15) is 0 Å². The van der Waals surface area contributed by atoms with Crippen LogP contribution in [0, 0.1) is 6.92 Å². The normalized spacial score (nSPS) is 11.3. The van der Waals surface area contributed by atoms with Crippen LogP contribution in [0.1, 0.15) is 44.1 Å². The van der Waals surface area contributed by atoms with E-state index in [9.17, 15) is 9.59 Å². The highest BCUT2D eigenvalue weighted by Gasteiger charge is 2.26. The number of benzene rings is 1. The molecule has 1 heterocycles. The van der Waals surface area contributed by atoms with Gasteiger partial charge in [0.05, 0.1) is 40.0 Å². The molecule has 0 radical (unpaired) electrons. The van der Waals surface area contributed by atoms with Gasteiger partial charge in [-0.15, -0.1) is 11.3 Å². The summed E-state index contributed by atoms with van der Waals surface area (Å²) < 4.78 is 20.3. The Bertz CT molecular complexity index is 957. The molecule has 2 rings (SSSR count). The number of rotatable bonds is 7. The van der Waals surface area contributed by atoms with Crippen LogP contribution in [0.4, 0.5) is 5.00 Å². The Hall–Kier alpha value is -2.85. The molecule has 0 saturated heterocycles. The Morgan fingerprint density at radius 1 is 1.07 bits per heavy atom. The van der Waals surface area contributed by atoms with Crippen molar-refractivity contribution >= 4 is 45.6 Å². The molecule has 0 amide bonds. The number of hydrogen-bond acceptors (Lipinski definition) is 8. The topological polar surface area (TPSA) is 95.1 Å². The minimum Gasteiger partial charge on any atom is -0.497 e. The second kappa shape index (κ2) is 10.3. The van der Waals surface area contributed by atoms with Gasteiger partial charge in [-0.1, -0.05) is 0 Å². The maximum atomic E-state index is 12.3. The first kappa shape index (κ1) is 23.4. The van der Waals surface area contributed by atoms with Gasteiger partial charge in [0.1, 0.15) is 21.4 Å². The van der Waals surface area contributed by atoms with E-state index in [0.717, 1.165) is 16.9 Å². The molecule has 8 nitrogen and oxygen atoms in total. The third kappa shape index (κ3) is 5.00. The first-order chi connectivity index (χ1) is 14.3. The number of carbonyl (C=O) groups is 2. The van der Waals surface area contributed by atoms with E-state index in [1.165, 1.54) is 14.2 Å². The summed E-state index contributed by atoms with van der Waals surface area (Å²) in [6, 6.07) is 5.22. The van der Waals surface area contributed by atoms with Gasteiger partial charge in [0, 0.05) is 5.56 Å². The van der Waals surface area contributed by atoms with Gasteiger partial charge in [-0.25, -0.2) is 9.59 Å². The van der Waals surface area contributed by atoms with E-state index in [1.54, 1.807) is 27.2 Å². The summed E-state index contributed by atoms with van der Waals surface area (Å²) in [7, 11) is 5.72. The van der Waals surface area contributed by atoms with Crippen LogP contribution in [-0.2, 0) is 9.47 Å². The van der Waals surface area contributed by atoms with Crippen LogP contribution in [0.15, 0.2) is 18.2 Å². The molecule has 1 aromatic heterocycles. The molecule has 1 atom stereocenters. The van der Waals surface area contributed by atoms with Crippen LogP contribution in [-0.4, -0.2) is 45.5 Å². The van der Waals surface area contributed by atoms with E-state index in [0.29, 0.717) is 26.9 Å². The fourth-order valence-corrected chi connectivity index (χ4v) is 4.29. The molecule has 10 heteroatoms. The molecule has 162 valence electrons. The smallest absolute Gasteiger partial charge is 0.348 e. The van der Waals surface area contributed by atoms with Gasteiger partial charge >= 0.3 is 11.9 Å². The zero-order valence-electron chi connectivity index (χ0n) is 17.6. The highest BCUT2D eigenvalue weighted by molar-refractivity contribution is 7.80. The van der Waals surface area contributed by atoms with Crippen LogP contribution in [0.3, 0.4) is 0 Å². The lowest BCUT2D eigenvalue weighted by Gasteiger charge is -2.20. The third-order valence-corrected chi connectivity index (χ3v) is 5.79. The van der Waals surface area contributed by atoms with Crippen molar-refractivity contribution in [3.63, 3.8) is 0 Å². The van der Waals surface area contributed by atoms with Crippen molar-refractivity contribution in [2.45, 2.75) is 19.9 Å². The number of carbonyl (C=O) groups excluding carboxylic acids is 2. The Balaban J connectivity index is 2.28. The molecule has 0 bridgehead atoms. The molecule has 2 aromatic rings. The first-order valence-electron chi connectivity index (χ1n) is 8.86. The number of methoxy groups -OCH3 is 4. The molecule has 2 N–H and O–H groups in total. The van der Waals surface area contributed by atoms with E-state index < -0.39 is 11.9 Å². The molecular formula is C20H24N2O6S2. The lowest BCUT2D eigenvalue weighted by atomic mass is 10.1. The second-order valence-electron chi connectivity index (χ2n) is 6.17. The number of hydrogen-bond donors (Lipinski definition) is 2. The molecular weight excluding hydrogens is 428 g/mol. The van der Waals surface area contributed by atoms with Crippen LogP contribution in [0.5, 0.6) is 11.5 Å². The monoisotopic (exact) mass is 452 g/mol. The van der Waals surface area contributed by atoms with Gasteiger partial charge < -0.3 is 29.6 Å². The van der Waals surface area contributed by atoms with Crippen molar-refractivity contribution in [2.24, 2.45) is 0 Å². The number of thiocarbonyl (C=S) groups is 1. The predicted octanol–water partition coefficient (Wildman–Crippen LogP) is 3.69. The third-order valence-electron chi connectivity index (χ3n) is 4.39. The average Bonchev–Trinajstić information content (AvgIpc) is 3.07. The van der Waals surface area contributed by atoms with E-state index in [-0.39, 0.29) is 16.7 Å². The fraction of sp³-hybridized carbons (Fsp3) is 0.350. The van der Waals surface area contributed by atoms with Crippen LogP contribution >= 0.6 is 23.6 Å². The number of anilines is 1. The number of ether oxygens (including phenoxy) is 4. The maximum absolute atomic E-state index is 12.3. The van der Waals surface area contributed by atoms with Crippen molar-refractivity contribution in [1.29, 1.82) is 0 Å². The van der Waals surface area contributed by atoms with Crippen LogP contribution in [0.25, 0.3) is 0 Å². The molecule has 0 aliphatic carbocycles. The summed E-state index contributed by atoms with van der Waals surface area (Å²) in [6.45, 7) is 3.56. The molecule has 1 aromatic carbocycles. The van der Waals surface area contributed by atoms with Gasteiger partial charge in [-0.3, -0.25) is 0 Å². The van der Waals surface area contributed by atoms with Crippen LogP contribution < -0.4 is 20.1 Å². The Morgan fingerprint density at radius 2 is 1.73 bits per heavy atom. The fourth-order valence-electron chi connectivity index (χ4n) is 2.83. The predicted molar refractivity (Wildman–Crippen MR) is 119 cm³/mol. The van der Waals surface area contributed by atoms with E-state index in [2.05, 4.69) is 10.6 Å². The van der Waals surface area contributed by atoms with Gasteiger partial charge in [-0.05, 0) is 49.8 Å². The van der Waals surface area contributed by atoms with Crippen molar-refractivity contribution < 1.29 is 28.5 Å². The second-order valence-corrected chi connectivity index (χ2v) is 7.60. The molecule has 0 fully saturated rings. The maximum Gasteiger partial charge on any atom is 0.348 e. The lowest BCUT2D eigenvalue weighted by molar-refractivity contribution is 0.0601. The van der Waals surface area contributed by atoms with Crippen molar-refractivity contribution in [1.82, 2.24) is 5.32 Å². The SMILES string of the molecule is COC(=O)c1sc(NC(=S)NC(C)c2cc(OC)ccc2OC)c(C(=O)OC)c1C. The van der Waals surface area contributed by atoms with E-state index in [4.69, 9.17) is 31.2 Å². The van der Waals surface area contributed by atoms with E-state index in [1.807, 2.05) is 19.1 Å². The Kier molecular flexibility index (Phi) is 8.01. The molecule has 30 heavy (non-hydrogen) atoms. The molecule has 0 spiro atoms. The Morgan fingerprint density at radius 3 is 2.30 bits per heavy atom. The summed E-state index contributed by atoms with van der Waals surface area (Å²) in [5.74, 6) is 0.243. The number of thiophene rings is 1. The summed E-state index contributed by atoms with van der Waals surface area (Å²) in [6.07, 6.45) is 0. The molecule has 0 saturated carbocycles. The summed E-state index contributed by atoms with van der Waals surface area (Å²) in [5, 5.41) is 6.79. The highest BCUT2D eigenvalue weighted by Crippen LogP contribution is 2.34. The Labute approximate surface area is 184 Å². The summed E-state index contributed by atoms with van der Waals surface area (Å²) >= 11 is 6.49. The van der Waals surface area contributed by atoms with Crippen LogP contribution in [0.2, 0.25) is 0 Å². The summed E-state index contributed by atoms with van der Waals surface area (Å²) in [4.78, 5) is 24.6. The van der Waals surface area contributed by atoms with Crippen molar-refractivity contribution in [3.05, 3.63) is 39.8 Å². The largest absolute Gasteiger partial charge is 0.497 e. The lowest BCUT2D eigenvalue weighted by Crippen LogP contribution is -2.31. The quantitative estimate of drug-likeness (QED) is 0.482. The molecule has 0 aliphatic rings. The zero-order valence-corrected chi connectivity index (χ0v) is 19.2. The summed E-state index contributed by atoms with van der Waals surface area (Å²) in [5.41, 5.74) is 1.54. The van der Waals surface area contributed by atoms with Gasteiger partial charge in [0.15, 0.2) is 5.11 Å². The van der Waals surface area contributed by atoms with Gasteiger partial charge in [0.2, 0.25) is 0 Å². The number of esters is 2. The average molecular weight is 453 g/mol. The number of nitrogens with one attached hydrogen (secondary N) is 2.